The van der Waals surface area contributed by atoms with E-state index in [4.69, 9.17) is 9.47 Å². The van der Waals surface area contributed by atoms with Crippen LogP contribution in [0.2, 0.25) is 0 Å². The molecule has 0 fully saturated rings. The predicted molar refractivity (Wildman–Crippen MR) is 115 cm³/mol. The zero-order chi connectivity index (χ0) is 19.1. The third-order valence-electron chi connectivity index (χ3n) is 3.87. The number of methoxy groups -OCH3 is 2. The van der Waals surface area contributed by atoms with Crippen molar-refractivity contribution in [3.63, 3.8) is 0 Å². The van der Waals surface area contributed by atoms with E-state index in [1.54, 1.807) is 25.2 Å². The van der Waals surface area contributed by atoms with Gasteiger partial charge < -0.3 is 24.8 Å². The first-order valence-electron chi connectivity index (χ1n) is 8.08. The van der Waals surface area contributed by atoms with Gasteiger partial charge in [0.2, 0.25) is 5.75 Å². The number of guanidine groups is 1. The van der Waals surface area contributed by atoms with Gasteiger partial charge in [-0.3, -0.25) is 4.99 Å². The monoisotopic (exact) mass is 489 g/mol. The first-order chi connectivity index (χ1) is 12.5. The molecule has 2 rings (SSSR count). The summed E-state index contributed by atoms with van der Waals surface area (Å²) in [5.74, 6) is 1.03. The van der Waals surface area contributed by atoms with Crippen molar-refractivity contribution in [2.75, 3.05) is 28.3 Å². The smallest absolute Gasteiger partial charge is 0.200 e. The lowest BCUT2D eigenvalue weighted by Gasteiger charge is -2.22. The molecule has 0 bridgehead atoms. The van der Waals surface area contributed by atoms with Gasteiger partial charge in [0.15, 0.2) is 17.5 Å². The molecule has 2 N–H and O–H groups in total. The zero-order valence-corrected chi connectivity index (χ0v) is 18.2. The number of nitrogens with zero attached hydrogens (tertiary/aromatic N) is 2. The average molecular weight is 489 g/mol. The van der Waals surface area contributed by atoms with Crippen molar-refractivity contribution in [3.05, 3.63) is 53.3 Å². The van der Waals surface area contributed by atoms with Crippen LogP contribution >= 0.6 is 24.0 Å². The fraction of sp³-hybridized carbons (Fsp3) is 0.316. The lowest BCUT2D eigenvalue weighted by atomic mass is 10.2. The highest BCUT2D eigenvalue weighted by molar-refractivity contribution is 14.0. The number of phenols is 1. The van der Waals surface area contributed by atoms with Gasteiger partial charge >= 0.3 is 0 Å². The Morgan fingerprint density at radius 3 is 2.30 bits per heavy atom. The Kier molecular flexibility index (Phi) is 9.13. The molecule has 0 spiro atoms. The maximum atomic E-state index is 13.3. The molecule has 2 aromatic rings. The molecule has 0 aromatic heterocycles. The number of halogens is 2. The standard InChI is InChI=1S/C19H24FN3O3.HI/c1-21-19(23(2)12-13-6-5-7-15(20)8-13)22-11-14-9-16(25-3)18(24)17(10-14)26-4;/h5-10,24H,11-12H2,1-4H3,(H,21,22);1H. The summed E-state index contributed by atoms with van der Waals surface area (Å²) in [7, 11) is 6.52. The molecule has 0 aliphatic rings. The van der Waals surface area contributed by atoms with Gasteiger partial charge in [0.25, 0.3) is 0 Å². The Labute approximate surface area is 176 Å². The molecule has 0 unspecified atom stereocenters. The van der Waals surface area contributed by atoms with E-state index in [2.05, 4.69) is 10.3 Å². The van der Waals surface area contributed by atoms with Crippen LogP contribution in [-0.2, 0) is 13.1 Å². The fourth-order valence-electron chi connectivity index (χ4n) is 2.60. The molecule has 0 amide bonds. The minimum Gasteiger partial charge on any atom is -0.502 e. The Balaban J connectivity index is 0.00000364. The Morgan fingerprint density at radius 1 is 1.15 bits per heavy atom. The summed E-state index contributed by atoms with van der Waals surface area (Å²) in [5.41, 5.74) is 1.71. The number of benzene rings is 2. The number of nitrogens with one attached hydrogen (secondary N) is 1. The molecule has 6 nitrogen and oxygen atoms in total. The van der Waals surface area contributed by atoms with Gasteiger partial charge in [-0.05, 0) is 35.4 Å². The molecule has 27 heavy (non-hydrogen) atoms. The number of aliphatic imine (C=N–C) groups is 1. The van der Waals surface area contributed by atoms with Crippen LogP contribution in [0.25, 0.3) is 0 Å². The highest BCUT2D eigenvalue weighted by Gasteiger charge is 2.12. The van der Waals surface area contributed by atoms with E-state index in [0.29, 0.717) is 30.5 Å². The van der Waals surface area contributed by atoms with Crippen LogP contribution in [0.3, 0.4) is 0 Å². The number of hydrogen-bond acceptors (Lipinski definition) is 4. The topological polar surface area (TPSA) is 66.3 Å². The van der Waals surface area contributed by atoms with E-state index in [1.807, 2.05) is 18.0 Å². The molecule has 0 aliphatic carbocycles. The minimum absolute atomic E-state index is 0. The van der Waals surface area contributed by atoms with Crippen LogP contribution in [-0.4, -0.2) is 44.3 Å². The fourth-order valence-corrected chi connectivity index (χ4v) is 2.60. The van der Waals surface area contributed by atoms with Crippen molar-refractivity contribution < 1.29 is 19.0 Å². The van der Waals surface area contributed by atoms with E-state index >= 15 is 0 Å². The summed E-state index contributed by atoms with van der Waals surface area (Å²) in [6, 6.07) is 9.92. The van der Waals surface area contributed by atoms with E-state index in [9.17, 15) is 9.50 Å². The zero-order valence-electron chi connectivity index (χ0n) is 15.8. The van der Waals surface area contributed by atoms with E-state index in [-0.39, 0.29) is 35.5 Å². The maximum absolute atomic E-state index is 13.3. The molecule has 0 radical (unpaired) electrons. The van der Waals surface area contributed by atoms with E-state index in [0.717, 1.165) is 11.1 Å². The number of hydrogen-bond donors (Lipinski definition) is 2. The van der Waals surface area contributed by atoms with E-state index < -0.39 is 0 Å². The van der Waals surface area contributed by atoms with Gasteiger partial charge in [-0.15, -0.1) is 24.0 Å². The normalized spacial score (nSPS) is 10.8. The molecule has 8 heteroatoms. The number of phenolic OH excluding ortho intramolecular Hbond substituents is 1. The summed E-state index contributed by atoms with van der Waals surface area (Å²) in [4.78, 5) is 6.14. The van der Waals surface area contributed by atoms with Crippen molar-refractivity contribution in [1.29, 1.82) is 0 Å². The van der Waals surface area contributed by atoms with Gasteiger partial charge in [-0.1, -0.05) is 12.1 Å². The SMILES string of the molecule is CN=C(NCc1cc(OC)c(O)c(OC)c1)N(C)Cc1cccc(F)c1.I. The van der Waals surface area contributed by atoms with Crippen LogP contribution < -0.4 is 14.8 Å². The van der Waals surface area contributed by atoms with Gasteiger partial charge in [-0.2, -0.15) is 0 Å². The van der Waals surface area contributed by atoms with Crippen molar-refractivity contribution in [2.45, 2.75) is 13.1 Å². The Bertz CT molecular complexity index is 762. The summed E-state index contributed by atoms with van der Waals surface area (Å²) >= 11 is 0. The van der Waals surface area contributed by atoms with Crippen LogP contribution in [0.4, 0.5) is 4.39 Å². The van der Waals surface area contributed by atoms with Crippen LogP contribution in [0.15, 0.2) is 41.4 Å². The third-order valence-corrected chi connectivity index (χ3v) is 3.87. The first kappa shape index (κ1) is 22.8. The molecule has 2 aromatic carbocycles. The van der Waals surface area contributed by atoms with Crippen molar-refractivity contribution in [2.24, 2.45) is 4.99 Å². The largest absolute Gasteiger partial charge is 0.502 e. The average Bonchev–Trinajstić information content (AvgIpc) is 2.63. The van der Waals surface area contributed by atoms with Crippen molar-refractivity contribution >= 4 is 29.9 Å². The van der Waals surface area contributed by atoms with Crippen molar-refractivity contribution in [3.8, 4) is 17.2 Å². The van der Waals surface area contributed by atoms with Crippen molar-refractivity contribution in [1.82, 2.24) is 10.2 Å². The van der Waals surface area contributed by atoms with Gasteiger partial charge in [-0.25, -0.2) is 4.39 Å². The predicted octanol–water partition coefficient (Wildman–Crippen LogP) is 3.37. The summed E-state index contributed by atoms with van der Waals surface area (Å²) in [6.07, 6.45) is 0. The highest BCUT2D eigenvalue weighted by atomic mass is 127. The van der Waals surface area contributed by atoms with Gasteiger partial charge in [0, 0.05) is 27.2 Å². The molecule has 0 aliphatic heterocycles. The Hall–Kier alpha value is -2.23. The van der Waals surface area contributed by atoms with Crippen LogP contribution in [0, 0.1) is 5.82 Å². The van der Waals surface area contributed by atoms with Gasteiger partial charge in [0.05, 0.1) is 14.2 Å². The quantitative estimate of drug-likeness (QED) is 0.370. The van der Waals surface area contributed by atoms with Gasteiger partial charge in [0.1, 0.15) is 5.82 Å². The molecular weight excluding hydrogens is 464 g/mol. The second-order valence-corrected chi connectivity index (χ2v) is 5.74. The first-order valence-corrected chi connectivity index (χ1v) is 8.08. The number of ether oxygens (including phenoxy) is 2. The Morgan fingerprint density at radius 2 is 1.78 bits per heavy atom. The molecule has 0 heterocycles. The number of aromatic hydroxyl groups is 1. The molecule has 0 saturated carbocycles. The van der Waals surface area contributed by atoms with E-state index in [1.165, 1.54) is 26.4 Å². The second-order valence-electron chi connectivity index (χ2n) is 5.74. The molecule has 0 saturated heterocycles. The summed E-state index contributed by atoms with van der Waals surface area (Å²) < 4.78 is 23.7. The maximum Gasteiger partial charge on any atom is 0.200 e. The summed E-state index contributed by atoms with van der Waals surface area (Å²) in [6.45, 7) is 0.965. The lowest BCUT2D eigenvalue weighted by molar-refractivity contribution is 0.339. The van der Waals surface area contributed by atoms with Crippen LogP contribution in [0.5, 0.6) is 17.2 Å². The lowest BCUT2D eigenvalue weighted by Crippen LogP contribution is -2.38. The summed E-state index contributed by atoms with van der Waals surface area (Å²) in [5, 5.41) is 13.2. The minimum atomic E-state index is -0.262. The molecule has 148 valence electrons. The number of rotatable bonds is 6. The second kappa shape index (κ2) is 10.8. The molecular formula is C19H25FIN3O3. The third kappa shape index (κ3) is 6.16. The van der Waals surface area contributed by atoms with Crippen LogP contribution in [0.1, 0.15) is 11.1 Å². The highest BCUT2D eigenvalue weighted by Crippen LogP contribution is 2.37. The molecule has 0 atom stereocenters.